The van der Waals surface area contributed by atoms with E-state index in [1.807, 2.05) is 19.0 Å². The van der Waals surface area contributed by atoms with E-state index in [0.29, 0.717) is 5.75 Å². The highest BCUT2D eigenvalue weighted by Crippen LogP contribution is 1.89. The molecule has 0 aliphatic heterocycles. The highest BCUT2D eigenvalue weighted by molar-refractivity contribution is 7.92. The molecule has 0 spiro atoms. The average molecular weight is 164 g/mol. The largest absolute Gasteiger partial charge is 0.308 e. The lowest BCUT2D eigenvalue weighted by Gasteiger charge is -2.09. The first-order chi connectivity index (χ1) is 4.48. The number of nitrogens with zero attached hydrogens (tertiary/aromatic N) is 2. The van der Waals surface area contributed by atoms with Crippen molar-refractivity contribution in [2.45, 2.75) is 0 Å². The zero-order valence-corrected chi connectivity index (χ0v) is 7.94. The molecule has 0 fully saturated rings. The van der Waals surface area contributed by atoms with Crippen molar-refractivity contribution >= 4 is 9.73 Å². The first-order valence-electron chi connectivity index (χ1n) is 3.20. The molecule has 4 heteroatoms. The van der Waals surface area contributed by atoms with Gasteiger partial charge in [-0.3, -0.25) is 4.21 Å². The monoisotopic (exact) mass is 164 g/mol. The summed E-state index contributed by atoms with van der Waals surface area (Å²) in [6.45, 7) is 0.840. The molecule has 1 unspecified atom stereocenters. The summed E-state index contributed by atoms with van der Waals surface area (Å²) in [7, 11) is 3.65. The van der Waals surface area contributed by atoms with Crippen LogP contribution in [0.1, 0.15) is 0 Å². The fourth-order valence-corrected chi connectivity index (χ4v) is 1.33. The van der Waals surface area contributed by atoms with Crippen LogP contribution in [0.15, 0.2) is 4.36 Å². The van der Waals surface area contributed by atoms with Crippen molar-refractivity contribution in [1.82, 2.24) is 4.90 Å². The maximum Gasteiger partial charge on any atom is 0.0448 e. The van der Waals surface area contributed by atoms with Crippen LogP contribution in [-0.2, 0) is 9.73 Å². The van der Waals surface area contributed by atoms with E-state index in [2.05, 4.69) is 4.36 Å². The zero-order chi connectivity index (χ0) is 8.20. The number of hydrogen-bond donors (Lipinski definition) is 0. The van der Waals surface area contributed by atoms with Crippen molar-refractivity contribution in [2.75, 3.05) is 39.7 Å². The molecule has 1 atom stereocenters. The minimum Gasteiger partial charge on any atom is -0.308 e. The van der Waals surface area contributed by atoms with Gasteiger partial charge in [-0.05, 0) is 14.1 Å². The summed E-state index contributed by atoms with van der Waals surface area (Å²) < 4.78 is 15.1. The Bertz CT molecular complexity index is 192. The van der Waals surface area contributed by atoms with Crippen molar-refractivity contribution in [2.24, 2.45) is 4.36 Å². The summed E-state index contributed by atoms with van der Waals surface area (Å²) in [5, 5.41) is 0. The van der Waals surface area contributed by atoms with E-state index in [4.69, 9.17) is 0 Å². The summed E-state index contributed by atoms with van der Waals surface area (Å²) in [5.74, 6) is 0.663. The third-order valence-electron chi connectivity index (χ3n) is 1.30. The Morgan fingerprint density at radius 1 is 1.50 bits per heavy atom. The van der Waals surface area contributed by atoms with Crippen LogP contribution in [0.5, 0.6) is 0 Å². The Balaban J connectivity index is 3.82. The van der Waals surface area contributed by atoms with Crippen LogP contribution in [0, 0.1) is 0 Å². The van der Waals surface area contributed by atoms with Gasteiger partial charge in [-0.25, -0.2) is 4.36 Å². The molecule has 0 aliphatic carbocycles. The molecule has 0 radical (unpaired) electrons. The van der Waals surface area contributed by atoms with Crippen LogP contribution in [0.25, 0.3) is 0 Å². The van der Waals surface area contributed by atoms with Crippen LogP contribution in [0.4, 0.5) is 0 Å². The van der Waals surface area contributed by atoms with E-state index >= 15 is 0 Å². The van der Waals surface area contributed by atoms with Gasteiger partial charge in [0.2, 0.25) is 0 Å². The normalized spacial score (nSPS) is 16.9. The third kappa shape index (κ3) is 4.76. The highest BCUT2D eigenvalue weighted by Gasteiger charge is 1.99. The van der Waals surface area contributed by atoms with Crippen molar-refractivity contribution in [3.8, 4) is 0 Å². The second kappa shape index (κ2) is 3.93. The minimum atomic E-state index is -1.88. The van der Waals surface area contributed by atoms with Crippen molar-refractivity contribution < 1.29 is 4.21 Å². The highest BCUT2D eigenvalue weighted by atomic mass is 32.2. The molecule has 0 aliphatic rings. The van der Waals surface area contributed by atoms with Gasteiger partial charge in [-0.2, -0.15) is 0 Å². The maximum absolute atomic E-state index is 11.3. The van der Waals surface area contributed by atoms with E-state index < -0.39 is 9.73 Å². The smallest absolute Gasteiger partial charge is 0.0448 e. The second-order valence-corrected chi connectivity index (χ2v) is 5.34. The van der Waals surface area contributed by atoms with E-state index in [9.17, 15) is 4.21 Å². The van der Waals surface area contributed by atoms with Gasteiger partial charge in [0, 0.05) is 35.3 Å². The molecule has 3 nitrogen and oxygen atoms in total. The Morgan fingerprint density at radius 3 is 2.30 bits per heavy atom. The Labute approximate surface area is 63.6 Å². The molecule has 0 amide bonds. The van der Waals surface area contributed by atoms with Crippen LogP contribution in [-0.4, -0.2) is 48.8 Å². The molecule has 0 heterocycles. The quantitative estimate of drug-likeness (QED) is 0.600. The Morgan fingerprint density at radius 2 is 2.00 bits per heavy atom. The molecule has 0 saturated carbocycles. The van der Waals surface area contributed by atoms with E-state index in [0.717, 1.165) is 6.54 Å². The summed E-state index contributed by atoms with van der Waals surface area (Å²) >= 11 is 0. The Hall–Kier alpha value is -0.0900. The predicted octanol–water partition coefficient (Wildman–Crippen LogP) is 0.276. The summed E-state index contributed by atoms with van der Waals surface area (Å²) in [6.07, 6.45) is 1.69. The van der Waals surface area contributed by atoms with Crippen LogP contribution >= 0.6 is 0 Å². The molecule has 0 saturated heterocycles. The summed E-state index contributed by atoms with van der Waals surface area (Å²) in [5.41, 5.74) is 0. The van der Waals surface area contributed by atoms with Crippen molar-refractivity contribution in [1.29, 1.82) is 0 Å². The molecule has 0 bridgehead atoms. The Kier molecular flexibility index (Phi) is 3.89. The van der Waals surface area contributed by atoms with Crippen molar-refractivity contribution in [3.63, 3.8) is 0 Å². The van der Waals surface area contributed by atoms with Crippen molar-refractivity contribution in [3.05, 3.63) is 0 Å². The summed E-state index contributed by atoms with van der Waals surface area (Å²) in [6, 6.07) is 0. The second-order valence-electron chi connectivity index (χ2n) is 2.65. The molecule has 0 rings (SSSR count). The lowest BCUT2D eigenvalue weighted by atomic mass is 10.7. The fraction of sp³-hybridized carbons (Fsp3) is 1.00. The molecular formula is C6H16N2OS. The topological polar surface area (TPSA) is 32.7 Å². The average Bonchev–Trinajstić information content (AvgIpc) is 1.85. The lowest BCUT2D eigenvalue weighted by Crippen LogP contribution is -2.20. The molecule has 0 aromatic rings. The van der Waals surface area contributed by atoms with Gasteiger partial charge < -0.3 is 4.90 Å². The first-order valence-corrected chi connectivity index (χ1v) is 5.30. The lowest BCUT2D eigenvalue weighted by molar-refractivity contribution is 0.435. The standard InChI is InChI=1S/C6H16N2OS/c1-7-10(4,9)6-5-8(2)3/h5-6H2,1-4H3. The first kappa shape index (κ1) is 9.91. The van der Waals surface area contributed by atoms with E-state index in [1.165, 1.54) is 0 Å². The van der Waals surface area contributed by atoms with Gasteiger partial charge in [-0.1, -0.05) is 0 Å². The fourth-order valence-electron chi connectivity index (χ4n) is 0.443. The molecule has 0 N–H and O–H groups in total. The SMILES string of the molecule is CN=S(C)(=O)CCN(C)C. The molecule has 0 aromatic heterocycles. The van der Waals surface area contributed by atoms with Gasteiger partial charge in [-0.15, -0.1) is 0 Å². The maximum atomic E-state index is 11.3. The molecular weight excluding hydrogens is 148 g/mol. The van der Waals surface area contributed by atoms with Gasteiger partial charge in [0.15, 0.2) is 0 Å². The molecule has 0 aromatic carbocycles. The van der Waals surface area contributed by atoms with Gasteiger partial charge in [0.1, 0.15) is 0 Å². The predicted molar refractivity (Wildman–Crippen MR) is 45.8 cm³/mol. The zero-order valence-electron chi connectivity index (χ0n) is 7.13. The minimum absolute atomic E-state index is 0.663. The summed E-state index contributed by atoms with van der Waals surface area (Å²) in [4.78, 5) is 2.01. The van der Waals surface area contributed by atoms with Gasteiger partial charge in [0.25, 0.3) is 0 Å². The molecule has 62 valence electrons. The van der Waals surface area contributed by atoms with E-state index in [-0.39, 0.29) is 0 Å². The number of rotatable bonds is 3. The van der Waals surface area contributed by atoms with Crippen LogP contribution < -0.4 is 0 Å². The van der Waals surface area contributed by atoms with Crippen LogP contribution in [0.3, 0.4) is 0 Å². The van der Waals surface area contributed by atoms with Crippen LogP contribution in [0.2, 0.25) is 0 Å². The number of hydrogen-bond acceptors (Lipinski definition) is 3. The van der Waals surface area contributed by atoms with E-state index in [1.54, 1.807) is 13.3 Å². The van der Waals surface area contributed by atoms with Gasteiger partial charge >= 0.3 is 0 Å². The van der Waals surface area contributed by atoms with Gasteiger partial charge in [0.05, 0.1) is 0 Å². The third-order valence-corrected chi connectivity index (χ3v) is 3.02. The molecule has 10 heavy (non-hydrogen) atoms.